The lowest BCUT2D eigenvalue weighted by Crippen LogP contribution is -1.98. The quantitative estimate of drug-likeness (QED) is 0.602. The Kier molecular flexibility index (Phi) is 4.28. The molecule has 0 aliphatic rings. The summed E-state index contributed by atoms with van der Waals surface area (Å²) < 4.78 is 32.3. The molecule has 0 saturated heterocycles. The monoisotopic (exact) mass is 269 g/mol. The minimum absolute atomic E-state index is 0.0378. The maximum atomic E-state index is 11.2. The molecule has 0 aromatic carbocycles. The van der Waals surface area contributed by atoms with Crippen molar-refractivity contribution in [3.63, 3.8) is 0 Å². The summed E-state index contributed by atoms with van der Waals surface area (Å²) in [5.74, 6) is 0.124. The molecule has 7 heteroatoms. The zero-order valence-corrected chi connectivity index (χ0v) is 10.7. The molecule has 0 radical (unpaired) electrons. The second kappa shape index (κ2) is 5.51. The fraction of sp³-hybridized carbons (Fsp3) is 0.273. The number of allylic oxidation sites excluding steroid dienone is 1. The number of nitrogens with zero attached hydrogens (tertiary/aromatic N) is 1. The van der Waals surface area contributed by atoms with Gasteiger partial charge in [0.2, 0.25) is 0 Å². The zero-order valence-electron chi connectivity index (χ0n) is 9.84. The fourth-order valence-electron chi connectivity index (χ4n) is 1.07. The summed E-state index contributed by atoms with van der Waals surface area (Å²) in [6.45, 7) is 1.23. The summed E-state index contributed by atoms with van der Waals surface area (Å²) in [4.78, 5) is 10.2. The first kappa shape index (κ1) is 14.0. The number of sulfone groups is 1. The van der Waals surface area contributed by atoms with Crippen molar-refractivity contribution >= 4 is 21.9 Å². The van der Waals surface area contributed by atoms with Crippen molar-refractivity contribution in [3.05, 3.63) is 28.6 Å². The molecule has 1 rings (SSSR count). The van der Waals surface area contributed by atoms with E-state index in [1.807, 2.05) is 0 Å². The molecule has 0 N–H and O–H groups in total. The lowest BCUT2D eigenvalue weighted by atomic mass is 10.4. The van der Waals surface area contributed by atoms with Gasteiger partial charge in [-0.1, -0.05) is 0 Å². The van der Waals surface area contributed by atoms with Crippen LogP contribution in [0.5, 0.6) is 0 Å². The molecular formula is C11H11NO5S. The van der Waals surface area contributed by atoms with Crippen LogP contribution in [0.25, 0.3) is 6.08 Å². The van der Waals surface area contributed by atoms with Gasteiger partial charge in [0.1, 0.15) is 29.1 Å². The van der Waals surface area contributed by atoms with Crippen LogP contribution in [0.4, 0.5) is 0 Å². The second-order valence-electron chi connectivity index (χ2n) is 3.48. The number of hydrogen-bond donors (Lipinski definition) is 0. The van der Waals surface area contributed by atoms with Crippen LogP contribution < -0.4 is 0 Å². The minimum Gasteiger partial charge on any atom is -0.458 e. The standard InChI is InChI=1S/C11H11NO5S/c1-8(13)16-7-10-4-3-9(17-10)5-11(6-12)18(2,14)15/h3-5H,7H2,1-2H3/b11-5-. The Morgan fingerprint density at radius 3 is 2.72 bits per heavy atom. The van der Waals surface area contributed by atoms with E-state index in [1.54, 1.807) is 6.07 Å². The van der Waals surface area contributed by atoms with E-state index < -0.39 is 20.7 Å². The number of nitriles is 1. The number of hydrogen-bond acceptors (Lipinski definition) is 6. The molecule has 1 aromatic rings. The predicted octanol–water partition coefficient (Wildman–Crippen LogP) is 1.25. The van der Waals surface area contributed by atoms with Crippen molar-refractivity contribution in [2.75, 3.05) is 6.26 Å². The van der Waals surface area contributed by atoms with Gasteiger partial charge in [0.25, 0.3) is 0 Å². The highest BCUT2D eigenvalue weighted by Gasteiger charge is 2.12. The number of furan rings is 1. The smallest absolute Gasteiger partial charge is 0.303 e. The molecule has 0 amide bonds. The number of ether oxygens (including phenoxy) is 1. The first-order valence-electron chi connectivity index (χ1n) is 4.87. The van der Waals surface area contributed by atoms with Crippen LogP contribution >= 0.6 is 0 Å². The van der Waals surface area contributed by atoms with Gasteiger partial charge in [-0.25, -0.2) is 8.42 Å². The van der Waals surface area contributed by atoms with Crippen molar-refractivity contribution in [1.82, 2.24) is 0 Å². The lowest BCUT2D eigenvalue weighted by molar-refractivity contribution is -0.142. The molecule has 0 atom stereocenters. The van der Waals surface area contributed by atoms with Crippen LogP contribution in [0.3, 0.4) is 0 Å². The van der Waals surface area contributed by atoms with Crippen LogP contribution in [0, 0.1) is 11.3 Å². The van der Waals surface area contributed by atoms with Gasteiger partial charge in [-0.3, -0.25) is 4.79 Å². The molecule has 0 aliphatic carbocycles. The number of carbonyl (C=O) groups is 1. The van der Waals surface area contributed by atoms with Crippen molar-refractivity contribution in [1.29, 1.82) is 5.26 Å². The largest absolute Gasteiger partial charge is 0.458 e. The van der Waals surface area contributed by atoms with Gasteiger partial charge in [-0.15, -0.1) is 0 Å². The molecule has 0 spiro atoms. The molecule has 1 aromatic heterocycles. The number of rotatable bonds is 4. The Balaban J connectivity index is 2.90. The molecule has 0 unspecified atom stereocenters. The molecule has 6 nitrogen and oxygen atoms in total. The van der Waals surface area contributed by atoms with E-state index in [9.17, 15) is 13.2 Å². The summed E-state index contributed by atoms with van der Waals surface area (Å²) in [6.07, 6.45) is 2.05. The molecule has 1 heterocycles. The highest BCUT2D eigenvalue weighted by atomic mass is 32.2. The Labute approximate surface area is 104 Å². The van der Waals surface area contributed by atoms with Gasteiger partial charge in [0.15, 0.2) is 9.84 Å². The summed E-state index contributed by atoms with van der Waals surface area (Å²) in [5.41, 5.74) is 0. The first-order valence-corrected chi connectivity index (χ1v) is 6.76. The first-order chi connectivity index (χ1) is 8.32. The van der Waals surface area contributed by atoms with E-state index >= 15 is 0 Å². The Morgan fingerprint density at radius 1 is 1.56 bits per heavy atom. The molecule has 0 fully saturated rings. The average Bonchev–Trinajstić information content (AvgIpc) is 2.69. The SMILES string of the molecule is CC(=O)OCc1ccc(/C=C(/C#N)S(C)(=O)=O)o1. The Hall–Kier alpha value is -2.07. The van der Waals surface area contributed by atoms with E-state index in [0.717, 1.165) is 12.3 Å². The number of carbonyl (C=O) groups excluding carboxylic acids is 1. The highest BCUT2D eigenvalue weighted by molar-refractivity contribution is 7.95. The molecule has 0 bridgehead atoms. The summed E-state index contributed by atoms with van der Waals surface area (Å²) in [5, 5.41) is 8.70. The van der Waals surface area contributed by atoms with Crippen molar-refractivity contribution in [2.45, 2.75) is 13.5 Å². The molecule has 18 heavy (non-hydrogen) atoms. The van der Waals surface area contributed by atoms with Crippen LogP contribution in [0.15, 0.2) is 21.5 Å². The minimum atomic E-state index is -3.58. The summed E-state index contributed by atoms with van der Waals surface area (Å²) in [6, 6.07) is 4.60. The maximum absolute atomic E-state index is 11.2. The zero-order chi connectivity index (χ0) is 13.8. The van der Waals surface area contributed by atoms with Gasteiger partial charge in [-0.2, -0.15) is 5.26 Å². The van der Waals surface area contributed by atoms with Gasteiger partial charge < -0.3 is 9.15 Å². The van der Waals surface area contributed by atoms with Crippen molar-refractivity contribution in [2.24, 2.45) is 0 Å². The molecular weight excluding hydrogens is 258 g/mol. The van der Waals surface area contributed by atoms with E-state index in [4.69, 9.17) is 14.4 Å². The third kappa shape index (κ3) is 4.07. The van der Waals surface area contributed by atoms with Gasteiger partial charge in [-0.05, 0) is 12.1 Å². The van der Waals surface area contributed by atoms with Crippen molar-refractivity contribution in [3.8, 4) is 6.07 Å². The molecule has 96 valence electrons. The number of esters is 1. The summed E-state index contributed by atoms with van der Waals surface area (Å²) in [7, 11) is -3.58. The lowest BCUT2D eigenvalue weighted by Gasteiger charge is -1.97. The van der Waals surface area contributed by atoms with Gasteiger partial charge >= 0.3 is 5.97 Å². The third-order valence-electron chi connectivity index (χ3n) is 1.88. The van der Waals surface area contributed by atoms with E-state index in [0.29, 0.717) is 5.76 Å². The van der Waals surface area contributed by atoms with E-state index in [1.165, 1.54) is 19.1 Å². The Bertz CT molecular complexity index is 618. The molecule has 0 aliphatic heterocycles. The Morgan fingerprint density at radius 2 is 2.22 bits per heavy atom. The maximum Gasteiger partial charge on any atom is 0.303 e. The van der Waals surface area contributed by atoms with E-state index in [2.05, 4.69) is 0 Å². The van der Waals surface area contributed by atoms with Gasteiger partial charge in [0, 0.05) is 19.3 Å². The van der Waals surface area contributed by atoms with Crippen LogP contribution in [-0.4, -0.2) is 20.6 Å². The van der Waals surface area contributed by atoms with Crippen LogP contribution in [0.2, 0.25) is 0 Å². The molecule has 0 saturated carbocycles. The topological polar surface area (TPSA) is 97.4 Å². The van der Waals surface area contributed by atoms with Crippen LogP contribution in [-0.2, 0) is 26.0 Å². The highest BCUT2D eigenvalue weighted by Crippen LogP contribution is 2.15. The van der Waals surface area contributed by atoms with E-state index in [-0.39, 0.29) is 12.4 Å². The average molecular weight is 269 g/mol. The normalized spacial score (nSPS) is 11.9. The van der Waals surface area contributed by atoms with Crippen LogP contribution in [0.1, 0.15) is 18.4 Å². The summed E-state index contributed by atoms with van der Waals surface area (Å²) >= 11 is 0. The van der Waals surface area contributed by atoms with Crippen molar-refractivity contribution < 1.29 is 22.4 Å². The third-order valence-corrected chi connectivity index (χ3v) is 2.89. The van der Waals surface area contributed by atoms with Gasteiger partial charge in [0.05, 0.1) is 0 Å². The fourth-order valence-corrected chi connectivity index (χ4v) is 1.57. The predicted molar refractivity (Wildman–Crippen MR) is 62.6 cm³/mol. The second-order valence-corrected chi connectivity index (χ2v) is 5.46.